The summed E-state index contributed by atoms with van der Waals surface area (Å²) in [6.07, 6.45) is 2.53. The van der Waals surface area contributed by atoms with E-state index in [9.17, 15) is 0 Å². The third-order valence-electron chi connectivity index (χ3n) is 3.56. The van der Waals surface area contributed by atoms with Crippen molar-refractivity contribution in [2.45, 2.75) is 31.8 Å². The fourth-order valence-electron chi connectivity index (χ4n) is 2.60. The standard InChI is InChI=1S/C13H18BrClN2/c1-9-3-2-6-17(9)13(8-16)10-4-5-11(14)12(15)7-10/h4-5,7,9,13H,2-3,6,8,16H2,1H3. The third-order valence-corrected chi connectivity index (χ3v) is 4.79. The van der Waals surface area contributed by atoms with Gasteiger partial charge in [-0.2, -0.15) is 0 Å². The van der Waals surface area contributed by atoms with E-state index in [1.807, 2.05) is 12.1 Å². The molecule has 0 bridgehead atoms. The first-order valence-electron chi connectivity index (χ1n) is 6.04. The smallest absolute Gasteiger partial charge is 0.0551 e. The number of halogens is 2. The van der Waals surface area contributed by atoms with Gasteiger partial charge in [0.1, 0.15) is 0 Å². The maximum Gasteiger partial charge on any atom is 0.0551 e. The molecule has 0 spiro atoms. The number of nitrogens with zero attached hydrogens (tertiary/aromatic N) is 1. The number of benzene rings is 1. The van der Waals surface area contributed by atoms with Crippen LogP contribution >= 0.6 is 27.5 Å². The van der Waals surface area contributed by atoms with E-state index >= 15 is 0 Å². The zero-order valence-electron chi connectivity index (χ0n) is 10.00. The predicted octanol–water partition coefficient (Wildman–Crippen LogP) is 3.59. The first kappa shape index (κ1) is 13.3. The van der Waals surface area contributed by atoms with Crippen molar-refractivity contribution in [3.63, 3.8) is 0 Å². The molecule has 0 amide bonds. The summed E-state index contributed by atoms with van der Waals surface area (Å²) in [7, 11) is 0. The second-order valence-corrected chi connectivity index (χ2v) is 5.92. The molecule has 17 heavy (non-hydrogen) atoms. The molecule has 1 aliphatic rings. The highest BCUT2D eigenvalue weighted by molar-refractivity contribution is 9.10. The van der Waals surface area contributed by atoms with Gasteiger partial charge in [-0.25, -0.2) is 0 Å². The van der Waals surface area contributed by atoms with E-state index < -0.39 is 0 Å². The van der Waals surface area contributed by atoms with Gasteiger partial charge >= 0.3 is 0 Å². The normalized spacial score (nSPS) is 22.9. The lowest BCUT2D eigenvalue weighted by atomic mass is 10.0. The van der Waals surface area contributed by atoms with Crippen molar-refractivity contribution in [2.75, 3.05) is 13.1 Å². The van der Waals surface area contributed by atoms with Gasteiger partial charge in [0.2, 0.25) is 0 Å². The average Bonchev–Trinajstić information content (AvgIpc) is 2.71. The highest BCUT2D eigenvalue weighted by atomic mass is 79.9. The molecule has 2 N–H and O–H groups in total. The minimum Gasteiger partial charge on any atom is -0.329 e. The Kier molecular flexibility index (Phi) is 4.47. The lowest BCUT2D eigenvalue weighted by Gasteiger charge is -2.31. The van der Waals surface area contributed by atoms with Gasteiger partial charge in [-0.3, -0.25) is 4.90 Å². The van der Waals surface area contributed by atoms with Crippen LogP contribution < -0.4 is 5.73 Å². The molecule has 0 saturated carbocycles. The fourth-order valence-corrected chi connectivity index (χ4v) is 3.04. The van der Waals surface area contributed by atoms with Crippen molar-refractivity contribution in [1.82, 2.24) is 4.90 Å². The van der Waals surface area contributed by atoms with E-state index in [4.69, 9.17) is 17.3 Å². The van der Waals surface area contributed by atoms with Crippen molar-refractivity contribution in [2.24, 2.45) is 5.73 Å². The molecule has 2 unspecified atom stereocenters. The molecule has 1 aliphatic heterocycles. The molecular formula is C13H18BrClN2. The first-order chi connectivity index (χ1) is 8.13. The summed E-state index contributed by atoms with van der Waals surface area (Å²) in [5, 5.41) is 0.757. The molecule has 1 saturated heterocycles. The van der Waals surface area contributed by atoms with Gasteiger partial charge in [0.15, 0.2) is 0 Å². The first-order valence-corrected chi connectivity index (χ1v) is 7.21. The largest absolute Gasteiger partial charge is 0.329 e. The Hall–Kier alpha value is -0.0900. The van der Waals surface area contributed by atoms with Crippen LogP contribution in [0.5, 0.6) is 0 Å². The summed E-state index contributed by atoms with van der Waals surface area (Å²) in [4.78, 5) is 2.49. The molecule has 0 radical (unpaired) electrons. The zero-order valence-corrected chi connectivity index (χ0v) is 12.3. The number of rotatable bonds is 3. The molecule has 94 valence electrons. The van der Waals surface area contributed by atoms with Crippen LogP contribution in [0.1, 0.15) is 31.4 Å². The van der Waals surface area contributed by atoms with Crippen LogP contribution in [0.3, 0.4) is 0 Å². The van der Waals surface area contributed by atoms with Gasteiger partial charge in [-0.1, -0.05) is 17.7 Å². The Morgan fingerprint density at radius 3 is 2.88 bits per heavy atom. The summed E-state index contributed by atoms with van der Waals surface area (Å²) in [6.45, 7) is 4.05. The highest BCUT2D eigenvalue weighted by Crippen LogP contribution is 2.32. The lowest BCUT2D eigenvalue weighted by Crippen LogP contribution is -2.35. The van der Waals surface area contributed by atoms with Crippen LogP contribution in [0.2, 0.25) is 5.02 Å². The molecule has 2 rings (SSSR count). The van der Waals surface area contributed by atoms with Crippen molar-refractivity contribution < 1.29 is 0 Å². The molecule has 1 aromatic carbocycles. The van der Waals surface area contributed by atoms with Gasteiger partial charge in [-0.15, -0.1) is 0 Å². The van der Waals surface area contributed by atoms with E-state index in [0.29, 0.717) is 12.6 Å². The minimum atomic E-state index is 0.290. The molecule has 0 aliphatic carbocycles. The van der Waals surface area contributed by atoms with E-state index in [-0.39, 0.29) is 6.04 Å². The Labute approximate surface area is 116 Å². The third kappa shape index (κ3) is 2.84. The van der Waals surface area contributed by atoms with Crippen molar-refractivity contribution in [1.29, 1.82) is 0 Å². The van der Waals surface area contributed by atoms with Gasteiger partial charge in [0.05, 0.1) is 5.02 Å². The molecule has 2 nitrogen and oxygen atoms in total. The minimum absolute atomic E-state index is 0.290. The van der Waals surface area contributed by atoms with Crippen molar-refractivity contribution >= 4 is 27.5 Å². The summed E-state index contributed by atoms with van der Waals surface area (Å²) >= 11 is 9.57. The quantitative estimate of drug-likeness (QED) is 0.923. The van der Waals surface area contributed by atoms with Crippen LogP contribution in [0, 0.1) is 0 Å². The predicted molar refractivity (Wildman–Crippen MR) is 76.3 cm³/mol. The molecule has 1 fully saturated rings. The Morgan fingerprint density at radius 2 is 2.35 bits per heavy atom. The van der Waals surface area contributed by atoms with Crippen LogP contribution in [0.4, 0.5) is 0 Å². The van der Waals surface area contributed by atoms with E-state index in [1.165, 1.54) is 18.4 Å². The van der Waals surface area contributed by atoms with E-state index in [1.54, 1.807) is 0 Å². The van der Waals surface area contributed by atoms with Gasteiger partial charge < -0.3 is 5.73 Å². The highest BCUT2D eigenvalue weighted by Gasteiger charge is 2.28. The van der Waals surface area contributed by atoms with Crippen molar-refractivity contribution in [3.8, 4) is 0 Å². The summed E-state index contributed by atoms with van der Waals surface area (Å²) in [6, 6.07) is 7.04. The maximum atomic E-state index is 6.15. The average molecular weight is 318 g/mol. The second kappa shape index (κ2) is 5.70. The van der Waals surface area contributed by atoms with Crippen LogP contribution in [0.15, 0.2) is 22.7 Å². The second-order valence-electron chi connectivity index (χ2n) is 4.65. The Bertz CT molecular complexity index is 397. The number of hydrogen-bond acceptors (Lipinski definition) is 2. The SMILES string of the molecule is CC1CCCN1C(CN)c1ccc(Br)c(Cl)c1. The van der Waals surface area contributed by atoms with E-state index in [0.717, 1.165) is 16.0 Å². The molecule has 4 heteroatoms. The number of nitrogens with two attached hydrogens (primary N) is 1. The monoisotopic (exact) mass is 316 g/mol. The number of hydrogen-bond donors (Lipinski definition) is 1. The van der Waals surface area contributed by atoms with Crippen LogP contribution in [-0.4, -0.2) is 24.0 Å². The number of likely N-dealkylation sites (tertiary alicyclic amines) is 1. The lowest BCUT2D eigenvalue weighted by molar-refractivity contribution is 0.195. The summed E-state index contributed by atoms with van der Waals surface area (Å²) in [5.74, 6) is 0. The van der Waals surface area contributed by atoms with Crippen LogP contribution in [-0.2, 0) is 0 Å². The van der Waals surface area contributed by atoms with Gasteiger partial charge in [0.25, 0.3) is 0 Å². The van der Waals surface area contributed by atoms with E-state index in [2.05, 4.69) is 33.8 Å². The van der Waals surface area contributed by atoms with Crippen molar-refractivity contribution in [3.05, 3.63) is 33.3 Å². The zero-order chi connectivity index (χ0) is 12.4. The Balaban J connectivity index is 2.25. The molecule has 2 atom stereocenters. The molecule has 1 heterocycles. The Morgan fingerprint density at radius 1 is 1.59 bits per heavy atom. The molecule has 1 aromatic rings. The molecule has 0 aromatic heterocycles. The summed E-state index contributed by atoms with van der Waals surface area (Å²) < 4.78 is 0.938. The molecular weight excluding hydrogens is 300 g/mol. The maximum absolute atomic E-state index is 6.15. The topological polar surface area (TPSA) is 29.3 Å². The summed E-state index contributed by atoms with van der Waals surface area (Å²) in [5.41, 5.74) is 7.16. The van der Waals surface area contributed by atoms with Gasteiger partial charge in [-0.05, 0) is 59.9 Å². The van der Waals surface area contributed by atoms with Crippen LogP contribution in [0.25, 0.3) is 0 Å². The van der Waals surface area contributed by atoms with Gasteiger partial charge in [0, 0.05) is 23.1 Å². The fraction of sp³-hybridized carbons (Fsp3) is 0.538.